The topological polar surface area (TPSA) is 119 Å². The molecule has 2 aromatic rings. The van der Waals surface area contributed by atoms with E-state index in [4.69, 9.17) is 4.74 Å². The summed E-state index contributed by atoms with van der Waals surface area (Å²) < 4.78 is 30.6. The molecule has 1 aliphatic heterocycles. The molecule has 0 bridgehead atoms. The molecule has 0 radical (unpaired) electrons. The third-order valence-corrected chi connectivity index (χ3v) is 6.73. The number of nitrogens with one attached hydrogen (secondary N) is 2. The number of fused-ring (bicyclic) bond motifs is 1. The van der Waals surface area contributed by atoms with Crippen molar-refractivity contribution in [2.45, 2.75) is 32.1 Å². The summed E-state index contributed by atoms with van der Waals surface area (Å²) in [6, 6.07) is 11.2. The van der Waals surface area contributed by atoms with Crippen molar-refractivity contribution >= 4 is 38.8 Å². The number of ether oxygens (including phenoxy) is 1. The lowest BCUT2D eigenvalue weighted by Gasteiger charge is -2.23. The van der Waals surface area contributed by atoms with Crippen molar-refractivity contribution in [1.29, 1.82) is 0 Å². The van der Waals surface area contributed by atoms with Crippen LogP contribution in [0.25, 0.3) is 0 Å². The minimum Gasteiger partial charge on any atom is -0.479 e. The van der Waals surface area contributed by atoms with Crippen LogP contribution >= 0.6 is 0 Å². The number of aryl methyl sites for hydroxylation is 1. The average molecular weight is 430 g/mol. The first kappa shape index (κ1) is 21.5. The van der Waals surface area contributed by atoms with Crippen molar-refractivity contribution in [1.82, 2.24) is 0 Å². The van der Waals surface area contributed by atoms with E-state index in [9.17, 15) is 22.8 Å². The normalized spacial score (nSPS) is 16.6. The van der Waals surface area contributed by atoms with Crippen LogP contribution in [0.3, 0.4) is 0 Å². The summed E-state index contributed by atoms with van der Waals surface area (Å²) in [7, 11) is -4.06. The molecule has 30 heavy (non-hydrogen) atoms. The lowest BCUT2D eigenvalue weighted by molar-refractivity contribution is -0.122. The molecule has 0 saturated heterocycles. The van der Waals surface area contributed by atoms with Crippen LogP contribution in [0.15, 0.2) is 42.5 Å². The molecule has 9 heteroatoms. The summed E-state index contributed by atoms with van der Waals surface area (Å²) in [6.45, 7) is 4.73. The van der Waals surface area contributed by atoms with Crippen LogP contribution in [0.4, 0.5) is 11.4 Å². The van der Waals surface area contributed by atoms with E-state index in [-0.39, 0.29) is 11.5 Å². The van der Waals surface area contributed by atoms with E-state index in [0.29, 0.717) is 17.1 Å². The monoisotopic (exact) mass is 430 g/mol. The molecule has 2 amide bonds. The predicted molar refractivity (Wildman–Crippen MR) is 113 cm³/mol. The van der Waals surface area contributed by atoms with Gasteiger partial charge in [-0.1, -0.05) is 17.7 Å². The summed E-state index contributed by atoms with van der Waals surface area (Å²) in [5, 5.41) is 3.70. The second-order valence-electron chi connectivity index (χ2n) is 7.19. The molecule has 1 heterocycles. The zero-order valence-corrected chi connectivity index (χ0v) is 17.6. The highest BCUT2D eigenvalue weighted by molar-refractivity contribution is 7.93. The summed E-state index contributed by atoms with van der Waals surface area (Å²) in [5.41, 5.74) is 1.87. The molecule has 3 rings (SSSR count). The number of amides is 2. The van der Waals surface area contributed by atoms with Crippen LogP contribution in [0.2, 0.25) is 0 Å². The Hall–Kier alpha value is -3.20. The Morgan fingerprint density at radius 2 is 1.83 bits per heavy atom. The van der Waals surface area contributed by atoms with Gasteiger partial charge in [-0.15, -0.1) is 0 Å². The minimum absolute atomic E-state index is 0.0993. The molecule has 1 aliphatic rings. The van der Waals surface area contributed by atoms with Crippen LogP contribution in [-0.2, 0) is 19.4 Å². The van der Waals surface area contributed by atoms with Crippen molar-refractivity contribution in [2.75, 3.05) is 16.4 Å². The van der Waals surface area contributed by atoms with Crippen LogP contribution in [0.5, 0.6) is 5.75 Å². The van der Waals surface area contributed by atoms with Crippen LogP contribution in [0, 0.1) is 6.92 Å². The number of hydrogen-bond donors (Lipinski definition) is 2. The van der Waals surface area contributed by atoms with Crippen molar-refractivity contribution in [2.24, 2.45) is 0 Å². The molecule has 2 N–H and O–H groups in total. The number of ketones is 1. The average Bonchev–Trinajstić information content (AvgIpc) is 2.68. The maximum atomic E-state index is 12.7. The molecular formula is C21H22N2O6S. The molecule has 0 spiro atoms. The van der Waals surface area contributed by atoms with Gasteiger partial charge in [-0.05, 0) is 51.1 Å². The van der Waals surface area contributed by atoms with E-state index in [1.165, 1.54) is 25.1 Å². The number of anilines is 2. The number of carbonyl (C=O) groups excluding carboxylic acids is 3. The summed E-state index contributed by atoms with van der Waals surface area (Å²) >= 11 is 0. The second-order valence-corrected chi connectivity index (χ2v) is 9.51. The maximum absolute atomic E-state index is 12.7. The molecule has 2 aromatic carbocycles. The van der Waals surface area contributed by atoms with E-state index < -0.39 is 38.6 Å². The first-order chi connectivity index (χ1) is 14.1. The van der Waals surface area contributed by atoms with Gasteiger partial charge >= 0.3 is 0 Å². The fourth-order valence-electron chi connectivity index (χ4n) is 2.90. The van der Waals surface area contributed by atoms with Crippen molar-refractivity contribution in [3.05, 3.63) is 53.6 Å². The fourth-order valence-corrected chi connectivity index (χ4v) is 4.05. The van der Waals surface area contributed by atoms with E-state index in [2.05, 4.69) is 10.6 Å². The Morgan fingerprint density at radius 1 is 1.17 bits per heavy atom. The Labute approximate surface area is 174 Å². The Balaban J connectivity index is 1.71. The summed E-state index contributed by atoms with van der Waals surface area (Å²) in [5.74, 6) is -2.18. The molecule has 2 unspecified atom stereocenters. The zero-order chi connectivity index (χ0) is 22.1. The van der Waals surface area contributed by atoms with Crippen molar-refractivity contribution in [3.63, 3.8) is 0 Å². The van der Waals surface area contributed by atoms with Crippen LogP contribution < -0.4 is 15.4 Å². The van der Waals surface area contributed by atoms with E-state index >= 15 is 0 Å². The first-order valence-electron chi connectivity index (χ1n) is 9.30. The van der Waals surface area contributed by atoms with Crippen LogP contribution in [-0.4, -0.2) is 43.1 Å². The lowest BCUT2D eigenvalue weighted by Crippen LogP contribution is -2.35. The minimum atomic E-state index is -4.06. The Kier molecular flexibility index (Phi) is 5.93. The zero-order valence-electron chi connectivity index (χ0n) is 16.8. The van der Waals surface area contributed by atoms with Gasteiger partial charge in [-0.3, -0.25) is 14.4 Å². The van der Waals surface area contributed by atoms with Gasteiger partial charge in [-0.2, -0.15) is 0 Å². The van der Waals surface area contributed by atoms with Gasteiger partial charge < -0.3 is 15.4 Å². The standard InChI is InChI=1S/C21H22N2O6S/c1-12-4-7-16(8-5-12)22-19(24)11-30(27,28)14(3)20(25)15-6-9-18-17(10-15)23-21(26)13(2)29-18/h4-10,13-14H,11H2,1-3H3,(H,22,24)(H,23,26). The largest absolute Gasteiger partial charge is 0.479 e. The highest BCUT2D eigenvalue weighted by Gasteiger charge is 2.32. The SMILES string of the molecule is Cc1ccc(NC(=O)CS(=O)(=O)C(C)C(=O)c2ccc3c(c2)NC(=O)C(C)O3)cc1. The van der Waals surface area contributed by atoms with E-state index in [0.717, 1.165) is 5.56 Å². The molecule has 8 nitrogen and oxygen atoms in total. The molecule has 0 aromatic heterocycles. The summed E-state index contributed by atoms with van der Waals surface area (Å²) in [6.07, 6.45) is -0.662. The third kappa shape index (κ3) is 4.68. The number of carbonyl (C=O) groups is 3. The van der Waals surface area contributed by atoms with Crippen LogP contribution in [0.1, 0.15) is 29.8 Å². The Bertz CT molecular complexity index is 1110. The number of Topliss-reactive ketones (excluding diaryl/α,β-unsaturated/α-hetero) is 1. The molecule has 0 fully saturated rings. The van der Waals surface area contributed by atoms with Gasteiger partial charge in [0.2, 0.25) is 5.91 Å². The summed E-state index contributed by atoms with van der Waals surface area (Å²) in [4.78, 5) is 36.7. The van der Waals surface area contributed by atoms with Gasteiger partial charge in [0.15, 0.2) is 21.7 Å². The smallest absolute Gasteiger partial charge is 0.265 e. The quantitative estimate of drug-likeness (QED) is 0.679. The lowest BCUT2D eigenvalue weighted by atomic mass is 10.1. The van der Waals surface area contributed by atoms with E-state index in [1.807, 2.05) is 6.92 Å². The van der Waals surface area contributed by atoms with E-state index in [1.54, 1.807) is 31.2 Å². The molecule has 0 saturated carbocycles. The predicted octanol–water partition coefficient (Wildman–Crippen LogP) is 2.34. The number of rotatable bonds is 6. The van der Waals surface area contributed by atoms with Crippen molar-refractivity contribution < 1.29 is 27.5 Å². The fraction of sp³-hybridized carbons (Fsp3) is 0.286. The number of hydrogen-bond acceptors (Lipinski definition) is 6. The molecular weight excluding hydrogens is 408 g/mol. The van der Waals surface area contributed by atoms with Gasteiger partial charge in [0.1, 0.15) is 16.8 Å². The maximum Gasteiger partial charge on any atom is 0.265 e. The van der Waals surface area contributed by atoms with Gasteiger partial charge in [0.05, 0.1) is 5.69 Å². The second kappa shape index (κ2) is 8.27. The van der Waals surface area contributed by atoms with Gasteiger partial charge in [0.25, 0.3) is 5.91 Å². The third-order valence-electron chi connectivity index (χ3n) is 4.77. The Morgan fingerprint density at radius 3 is 2.50 bits per heavy atom. The molecule has 0 aliphatic carbocycles. The number of sulfone groups is 1. The highest BCUT2D eigenvalue weighted by Crippen LogP contribution is 2.31. The van der Waals surface area contributed by atoms with Crippen molar-refractivity contribution in [3.8, 4) is 5.75 Å². The molecule has 158 valence electrons. The van der Waals surface area contributed by atoms with Gasteiger partial charge in [0, 0.05) is 11.3 Å². The first-order valence-corrected chi connectivity index (χ1v) is 11.0. The highest BCUT2D eigenvalue weighted by atomic mass is 32.2. The number of benzene rings is 2. The molecule has 2 atom stereocenters. The van der Waals surface area contributed by atoms with Gasteiger partial charge in [-0.25, -0.2) is 8.42 Å².